The van der Waals surface area contributed by atoms with Crippen molar-refractivity contribution in [3.05, 3.63) is 40.7 Å². The SMILES string of the molecule is O=C(Nc1ccc(N2CCCC2)nc1)[C@@H]1CCCN(C(=O)c2cccs2)C1. The van der Waals surface area contributed by atoms with E-state index in [9.17, 15) is 9.59 Å². The van der Waals surface area contributed by atoms with Gasteiger partial charge in [0.05, 0.1) is 22.7 Å². The number of likely N-dealkylation sites (tertiary alicyclic amines) is 1. The highest BCUT2D eigenvalue weighted by Crippen LogP contribution is 2.23. The lowest BCUT2D eigenvalue weighted by atomic mass is 9.97. The number of anilines is 2. The van der Waals surface area contributed by atoms with E-state index in [1.165, 1.54) is 24.2 Å². The second-order valence-corrected chi connectivity index (χ2v) is 8.10. The highest BCUT2D eigenvalue weighted by molar-refractivity contribution is 7.12. The normalized spacial score (nSPS) is 19.9. The molecule has 7 heteroatoms. The summed E-state index contributed by atoms with van der Waals surface area (Å²) in [5.74, 6) is 0.783. The molecule has 2 aromatic heterocycles. The lowest BCUT2D eigenvalue weighted by molar-refractivity contribution is -0.121. The molecule has 1 atom stereocenters. The van der Waals surface area contributed by atoms with E-state index >= 15 is 0 Å². The maximum atomic E-state index is 12.7. The monoisotopic (exact) mass is 384 g/mol. The number of hydrogen-bond acceptors (Lipinski definition) is 5. The van der Waals surface area contributed by atoms with E-state index in [0.29, 0.717) is 18.8 Å². The fraction of sp³-hybridized carbons (Fsp3) is 0.450. The number of rotatable bonds is 4. The van der Waals surface area contributed by atoms with Crippen molar-refractivity contribution < 1.29 is 9.59 Å². The van der Waals surface area contributed by atoms with E-state index < -0.39 is 0 Å². The van der Waals surface area contributed by atoms with Crippen molar-refractivity contribution >= 4 is 34.7 Å². The molecular weight excluding hydrogens is 360 g/mol. The third-order valence-corrected chi connectivity index (χ3v) is 6.11. The summed E-state index contributed by atoms with van der Waals surface area (Å²) in [6.07, 6.45) is 5.80. The van der Waals surface area contributed by atoms with Gasteiger partial charge < -0.3 is 15.1 Å². The minimum absolute atomic E-state index is 0.0270. The average Bonchev–Trinajstić information content (AvgIpc) is 3.42. The second-order valence-electron chi connectivity index (χ2n) is 7.16. The summed E-state index contributed by atoms with van der Waals surface area (Å²) >= 11 is 1.44. The maximum Gasteiger partial charge on any atom is 0.263 e. The van der Waals surface area contributed by atoms with Crippen molar-refractivity contribution in [1.29, 1.82) is 0 Å². The summed E-state index contributed by atoms with van der Waals surface area (Å²) in [5.41, 5.74) is 0.713. The molecule has 6 nitrogen and oxygen atoms in total. The summed E-state index contributed by atoms with van der Waals surface area (Å²) in [6.45, 7) is 3.29. The van der Waals surface area contributed by atoms with Gasteiger partial charge in [-0.05, 0) is 49.3 Å². The molecule has 27 heavy (non-hydrogen) atoms. The Morgan fingerprint density at radius 1 is 1.11 bits per heavy atom. The van der Waals surface area contributed by atoms with Crippen LogP contribution >= 0.6 is 11.3 Å². The number of carbonyl (C=O) groups is 2. The molecule has 1 N–H and O–H groups in total. The number of aromatic nitrogens is 1. The first-order valence-corrected chi connectivity index (χ1v) is 10.4. The maximum absolute atomic E-state index is 12.7. The summed E-state index contributed by atoms with van der Waals surface area (Å²) in [4.78, 5) is 34.5. The molecule has 0 spiro atoms. The van der Waals surface area contributed by atoms with E-state index in [4.69, 9.17) is 0 Å². The van der Waals surface area contributed by atoms with Crippen molar-refractivity contribution in [3.8, 4) is 0 Å². The molecule has 0 saturated carbocycles. The Bertz CT molecular complexity index is 785. The number of carbonyl (C=O) groups excluding carboxylic acids is 2. The number of nitrogens with one attached hydrogen (secondary N) is 1. The molecule has 0 bridgehead atoms. The van der Waals surface area contributed by atoms with Crippen LogP contribution in [0.5, 0.6) is 0 Å². The van der Waals surface area contributed by atoms with Gasteiger partial charge in [0.1, 0.15) is 5.82 Å². The fourth-order valence-electron chi connectivity index (χ4n) is 3.77. The minimum atomic E-state index is -0.180. The topological polar surface area (TPSA) is 65.5 Å². The number of hydrogen-bond donors (Lipinski definition) is 1. The standard InChI is InChI=1S/C20H24N4O2S/c25-19(22-16-7-8-18(21-13-16)23-9-1-2-10-23)15-5-3-11-24(14-15)20(26)17-6-4-12-27-17/h4,6-8,12-13,15H,1-3,5,9-11,14H2,(H,22,25)/t15-/m1/s1. The van der Waals surface area contributed by atoms with Crippen molar-refractivity contribution in [2.45, 2.75) is 25.7 Å². The molecule has 2 amide bonds. The van der Waals surface area contributed by atoms with Gasteiger partial charge in [0.25, 0.3) is 5.91 Å². The first-order chi connectivity index (χ1) is 13.2. The van der Waals surface area contributed by atoms with Crippen LogP contribution in [0.4, 0.5) is 11.5 Å². The Morgan fingerprint density at radius 3 is 2.67 bits per heavy atom. The Morgan fingerprint density at radius 2 is 1.96 bits per heavy atom. The van der Waals surface area contributed by atoms with Gasteiger partial charge in [0.2, 0.25) is 5.91 Å². The summed E-state index contributed by atoms with van der Waals surface area (Å²) in [7, 11) is 0. The van der Waals surface area contributed by atoms with Crippen molar-refractivity contribution in [2.24, 2.45) is 5.92 Å². The zero-order chi connectivity index (χ0) is 18.6. The lowest BCUT2D eigenvalue weighted by Crippen LogP contribution is -2.43. The summed E-state index contributed by atoms with van der Waals surface area (Å²) in [6, 6.07) is 7.60. The highest BCUT2D eigenvalue weighted by Gasteiger charge is 2.29. The predicted molar refractivity (Wildman–Crippen MR) is 107 cm³/mol. The first-order valence-electron chi connectivity index (χ1n) is 9.55. The smallest absolute Gasteiger partial charge is 0.263 e. The van der Waals surface area contributed by atoms with Gasteiger partial charge >= 0.3 is 0 Å². The van der Waals surface area contributed by atoms with Gasteiger partial charge in [-0.25, -0.2) is 4.98 Å². The number of thiophene rings is 1. The molecule has 142 valence electrons. The van der Waals surface area contributed by atoms with E-state index in [0.717, 1.165) is 36.6 Å². The molecule has 4 heterocycles. The number of piperidine rings is 1. The van der Waals surface area contributed by atoms with Gasteiger partial charge in [-0.2, -0.15) is 0 Å². The summed E-state index contributed by atoms with van der Waals surface area (Å²) in [5, 5.41) is 4.87. The molecule has 0 aromatic carbocycles. The van der Waals surface area contributed by atoms with Crippen LogP contribution in [0.25, 0.3) is 0 Å². The number of amides is 2. The van der Waals surface area contributed by atoms with E-state index in [2.05, 4.69) is 15.2 Å². The summed E-state index contributed by atoms with van der Waals surface area (Å²) < 4.78 is 0. The van der Waals surface area contributed by atoms with Crippen LogP contribution in [0, 0.1) is 5.92 Å². The van der Waals surface area contributed by atoms with E-state index in [1.54, 1.807) is 11.1 Å². The largest absolute Gasteiger partial charge is 0.357 e. The van der Waals surface area contributed by atoms with Crippen LogP contribution in [-0.4, -0.2) is 47.9 Å². The van der Waals surface area contributed by atoms with Crippen molar-refractivity contribution in [1.82, 2.24) is 9.88 Å². The van der Waals surface area contributed by atoms with Crippen LogP contribution in [0.3, 0.4) is 0 Å². The molecule has 2 aliphatic heterocycles. The molecule has 2 aromatic rings. The average molecular weight is 385 g/mol. The zero-order valence-corrected chi connectivity index (χ0v) is 16.1. The Hall–Kier alpha value is -2.41. The van der Waals surface area contributed by atoms with Crippen LogP contribution in [0.1, 0.15) is 35.4 Å². The van der Waals surface area contributed by atoms with Crippen LogP contribution in [0.2, 0.25) is 0 Å². The van der Waals surface area contributed by atoms with Gasteiger partial charge in [-0.1, -0.05) is 6.07 Å². The molecule has 2 fully saturated rings. The van der Waals surface area contributed by atoms with Crippen molar-refractivity contribution in [3.63, 3.8) is 0 Å². The molecule has 0 aliphatic carbocycles. The second kappa shape index (κ2) is 8.08. The van der Waals surface area contributed by atoms with Crippen LogP contribution < -0.4 is 10.2 Å². The quantitative estimate of drug-likeness (QED) is 0.879. The number of nitrogens with zero attached hydrogens (tertiary/aromatic N) is 3. The van der Waals surface area contributed by atoms with Gasteiger partial charge in [0.15, 0.2) is 0 Å². The fourth-order valence-corrected chi connectivity index (χ4v) is 4.46. The van der Waals surface area contributed by atoms with Gasteiger partial charge in [-0.3, -0.25) is 9.59 Å². The van der Waals surface area contributed by atoms with E-state index in [-0.39, 0.29) is 17.7 Å². The van der Waals surface area contributed by atoms with E-state index in [1.807, 2.05) is 29.6 Å². The molecule has 2 saturated heterocycles. The highest BCUT2D eigenvalue weighted by atomic mass is 32.1. The lowest BCUT2D eigenvalue weighted by Gasteiger charge is -2.31. The minimum Gasteiger partial charge on any atom is -0.357 e. The Labute approximate surface area is 163 Å². The molecule has 0 unspecified atom stereocenters. The molecule has 4 rings (SSSR count). The molecule has 2 aliphatic rings. The van der Waals surface area contributed by atoms with Gasteiger partial charge in [-0.15, -0.1) is 11.3 Å². The third kappa shape index (κ3) is 4.13. The van der Waals surface area contributed by atoms with Crippen molar-refractivity contribution in [2.75, 3.05) is 36.4 Å². The Kier molecular flexibility index (Phi) is 5.38. The molecule has 0 radical (unpaired) electrons. The number of pyridine rings is 1. The third-order valence-electron chi connectivity index (χ3n) is 5.26. The van der Waals surface area contributed by atoms with Gasteiger partial charge in [0, 0.05) is 26.2 Å². The van der Waals surface area contributed by atoms with Crippen LogP contribution in [-0.2, 0) is 4.79 Å². The Balaban J connectivity index is 1.35. The first kappa shape index (κ1) is 18.0. The molecular formula is C20H24N4O2S. The van der Waals surface area contributed by atoms with Crippen LogP contribution in [0.15, 0.2) is 35.8 Å². The zero-order valence-electron chi connectivity index (χ0n) is 15.3. The predicted octanol–water partition coefficient (Wildman–Crippen LogP) is 3.23.